The minimum atomic E-state index is -10.0. The van der Waals surface area contributed by atoms with Gasteiger partial charge < -0.3 is 0 Å². The summed E-state index contributed by atoms with van der Waals surface area (Å²) >= 11 is 0. The number of carbonyl (C=O) groups is 1. The summed E-state index contributed by atoms with van der Waals surface area (Å²) in [5.41, 5.74) is 0. The van der Waals surface area contributed by atoms with Crippen molar-refractivity contribution in [2.75, 3.05) is 0 Å². The number of hydrogen-bond donors (Lipinski definition) is 0. The minimum absolute atomic E-state index is 6.69. The molecule has 0 aliphatic heterocycles. The highest BCUT2D eigenvalue weighted by atomic mass is 19.4. The maximum atomic E-state index is 13.7. The molecule has 0 saturated heterocycles. The molecule has 31 heteroatoms. The Hall–Kier alpha value is -2.43. The zero-order chi connectivity index (χ0) is 39.1. The fourth-order valence-corrected chi connectivity index (χ4v) is 3.05. The van der Waals surface area contributed by atoms with Gasteiger partial charge in [-0.15, -0.1) is 0 Å². The van der Waals surface area contributed by atoms with Crippen molar-refractivity contribution in [1.82, 2.24) is 0 Å². The lowest BCUT2D eigenvalue weighted by atomic mass is 9.80. The molecule has 1 saturated carbocycles. The third kappa shape index (κ3) is 4.10. The Bertz CT molecular complexity index is 1160. The highest BCUT2D eigenvalue weighted by Gasteiger charge is 3.02. The first-order valence-electron chi connectivity index (χ1n) is 9.87. The molecule has 0 heterocycles. The summed E-state index contributed by atoms with van der Waals surface area (Å²) in [6.45, 7) is 0. The van der Waals surface area contributed by atoms with Crippen molar-refractivity contribution in [2.45, 2.75) is 88.8 Å². The van der Waals surface area contributed by atoms with E-state index in [-0.39, 0.29) is 0 Å². The molecule has 0 aromatic rings. The van der Waals surface area contributed by atoms with E-state index < -0.39 is 94.6 Å². The summed E-state index contributed by atoms with van der Waals surface area (Å²) in [4.78, 5) is 11.0. The van der Waals surface area contributed by atoms with Gasteiger partial charge in [0.25, 0.3) is 5.78 Å². The van der Waals surface area contributed by atoms with Crippen LogP contribution >= 0.6 is 0 Å². The number of Topliss-reactive ketones (excluding diaryl/α,β-unsaturated/α-hetero) is 1. The number of hydrogen-bond acceptors (Lipinski definition) is 1. The molecule has 47 heavy (non-hydrogen) atoms. The SMILES string of the molecule is O=C1C(F)(F)C(F)(F)C(F)(F)C(F)(F)C(F)(F)C(F)(F)C(F)(F)C(F)(F)C(F)(F)C(F)(F)C(F)(F)C(F)(F)C(F)(F)C(F)(F)C1(F)F. The molecule has 0 spiro atoms. The highest BCUT2D eigenvalue weighted by Crippen LogP contribution is 2.70. The second-order valence-electron chi connectivity index (χ2n) is 8.95. The number of halogens is 30. The third-order valence-electron chi connectivity index (χ3n) is 6.09. The molecule has 0 bridgehead atoms. The van der Waals surface area contributed by atoms with Crippen molar-refractivity contribution < 1.29 is 137 Å². The Kier molecular flexibility index (Phi) is 8.72. The Balaban J connectivity index is 4.76. The maximum Gasteiger partial charge on any atom is 0.386 e. The molecule has 0 aromatic heterocycles. The van der Waals surface area contributed by atoms with E-state index in [1.165, 1.54) is 0 Å². The molecule has 0 aromatic carbocycles. The largest absolute Gasteiger partial charge is 0.386 e. The van der Waals surface area contributed by atoms with Gasteiger partial charge in [-0.1, -0.05) is 0 Å². The van der Waals surface area contributed by atoms with Crippen molar-refractivity contribution in [3.63, 3.8) is 0 Å². The summed E-state index contributed by atoms with van der Waals surface area (Å²) in [6, 6.07) is 0. The van der Waals surface area contributed by atoms with Crippen LogP contribution < -0.4 is 0 Å². The van der Waals surface area contributed by atoms with Crippen LogP contribution in [0.15, 0.2) is 0 Å². The average molecular weight is 778 g/mol. The molecule has 0 unspecified atom stereocenters. The van der Waals surface area contributed by atoms with E-state index in [0.29, 0.717) is 0 Å². The van der Waals surface area contributed by atoms with Gasteiger partial charge in [-0.05, 0) is 0 Å². The fraction of sp³-hybridized carbons (Fsp3) is 0.938. The van der Waals surface area contributed by atoms with E-state index in [1.54, 1.807) is 0 Å². The standard InChI is InChI=1S/C16F30O/c17-2(18)1(47)3(19,20)5(23,24)7(27,28)9(31,32)11(35,36)13(39,40)15(43,44)16(45,46)14(41,42)12(37,38)10(33,34)8(29,30)6(25,26)4(2,21)22. The monoisotopic (exact) mass is 778 g/mol. The predicted octanol–water partition coefficient (Wildman–Crippen LogP) is 9.10. The van der Waals surface area contributed by atoms with E-state index in [0.717, 1.165) is 0 Å². The summed E-state index contributed by atoms with van der Waals surface area (Å²) in [6.07, 6.45) is 0. The third-order valence-corrected chi connectivity index (χ3v) is 6.09. The van der Waals surface area contributed by atoms with Crippen LogP contribution in [-0.4, -0.2) is 94.6 Å². The molecule has 1 aliphatic rings. The van der Waals surface area contributed by atoms with E-state index in [1.807, 2.05) is 0 Å². The van der Waals surface area contributed by atoms with Crippen LogP contribution in [0, 0.1) is 0 Å². The number of alkyl halides is 30. The number of rotatable bonds is 0. The number of carbonyl (C=O) groups excluding carboxylic acids is 1. The lowest BCUT2D eigenvalue weighted by molar-refractivity contribution is -0.488. The van der Waals surface area contributed by atoms with Crippen molar-refractivity contribution >= 4 is 5.78 Å². The number of ketones is 1. The van der Waals surface area contributed by atoms with Crippen molar-refractivity contribution in [2.24, 2.45) is 0 Å². The fourth-order valence-electron chi connectivity index (χ4n) is 3.05. The second-order valence-corrected chi connectivity index (χ2v) is 8.95. The lowest BCUT2D eigenvalue weighted by Crippen LogP contribution is -2.81. The van der Waals surface area contributed by atoms with Gasteiger partial charge in [0.05, 0.1) is 0 Å². The first-order chi connectivity index (χ1) is 19.7. The van der Waals surface area contributed by atoms with E-state index in [2.05, 4.69) is 0 Å². The Morgan fingerprint density at radius 1 is 0.191 bits per heavy atom. The molecule has 0 atom stereocenters. The first-order valence-corrected chi connectivity index (χ1v) is 9.87. The van der Waals surface area contributed by atoms with E-state index in [4.69, 9.17) is 0 Å². The smallest absolute Gasteiger partial charge is 0.286 e. The Morgan fingerprint density at radius 3 is 0.383 bits per heavy atom. The van der Waals surface area contributed by atoms with Gasteiger partial charge in [-0.25, -0.2) is 0 Å². The highest BCUT2D eigenvalue weighted by molar-refractivity contribution is 5.94. The summed E-state index contributed by atoms with van der Waals surface area (Å²) in [5.74, 6) is -154. The quantitative estimate of drug-likeness (QED) is 0.225. The molecule has 1 fully saturated rings. The van der Waals surface area contributed by atoms with Gasteiger partial charge in [0.15, 0.2) is 0 Å². The van der Waals surface area contributed by atoms with Crippen LogP contribution in [-0.2, 0) is 4.79 Å². The zero-order valence-electron chi connectivity index (χ0n) is 19.7. The Morgan fingerprint density at radius 2 is 0.277 bits per heavy atom. The van der Waals surface area contributed by atoms with Crippen LogP contribution in [0.4, 0.5) is 132 Å². The topological polar surface area (TPSA) is 17.1 Å². The van der Waals surface area contributed by atoms with Crippen LogP contribution in [0.5, 0.6) is 0 Å². The summed E-state index contributed by atoms with van der Waals surface area (Å²) in [5, 5.41) is 0. The van der Waals surface area contributed by atoms with E-state index >= 15 is 0 Å². The molecule has 1 nitrogen and oxygen atoms in total. The predicted molar refractivity (Wildman–Crippen MR) is 79.2 cm³/mol. The molecule has 280 valence electrons. The van der Waals surface area contributed by atoms with Crippen LogP contribution in [0.2, 0.25) is 0 Å². The van der Waals surface area contributed by atoms with Crippen LogP contribution in [0.25, 0.3) is 0 Å². The Labute approximate surface area is 232 Å². The second kappa shape index (κ2) is 9.63. The normalized spacial score (nSPS) is 33.4. The zero-order valence-corrected chi connectivity index (χ0v) is 19.7. The van der Waals surface area contributed by atoms with Crippen molar-refractivity contribution in [3.05, 3.63) is 0 Å². The van der Waals surface area contributed by atoms with Crippen molar-refractivity contribution in [3.8, 4) is 0 Å². The summed E-state index contributed by atoms with van der Waals surface area (Å²) < 4.78 is 410. The lowest BCUT2D eigenvalue weighted by Gasteiger charge is -2.47. The van der Waals surface area contributed by atoms with Gasteiger partial charge in [0.2, 0.25) is 0 Å². The van der Waals surface area contributed by atoms with Gasteiger partial charge >= 0.3 is 88.8 Å². The minimum Gasteiger partial charge on any atom is -0.286 e. The first kappa shape index (κ1) is 42.6. The average Bonchev–Trinajstić information content (AvgIpc) is 2.85. The molecule has 0 radical (unpaired) electrons. The van der Waals surface area contributed by atoms with Crippen LogP contribution in [0.3, 0.4) is 0 Å². The molecule has 0 N–H and O–H groups in total. The van der Waals surface area contributed by atoms with Gasteiger partial charge in [-0.2, -0.15) is 132 Å². The molecule has 0 amide bonds. The molecule has 1 aliphatic carbocycles. The molecule has 1 rings (SSSR count). The van der Waals surface area contributed by atoms with Gasteiger partial charge in [0.1, 0.15) is 0 Å². The van der Waals surface area contributed by atoms with Gasteiger partial charge in [-0.3, -0.25) is 4.79 Å². The van der Waals surface area contributed by atoms with E-state index in [9.17, 15) is 137 Å². The molecular weight excluding hydrogens is 778 g/mol. The van der Waals surface area contributed by atoms with Crippen LogP contribution in [0.1, 0.15) is 0 Å². The van der Waals surface area contributed by atoms with Crippen molar-refractivity contribution in [1.29, 1.82) is 0 Å². The molecular formula is C16F30O. The summed E-state index contributed by atoms with van der Waals surface area (Å²) in [7, 11) is 0. The van der Waals surface area contributed by atoms with Gasteiger partial charge in [0, 0.05) is 0 Å². The maximum absolute atomic E-state index is 13.7.